The van der Waals surface area contributed by atoms with Crippen molar-refractivity contribution in [3.63, 3.8) is 0 Å². The zero-order valence-electron chi connectivity index (χ0n) is 12.8. The predicted octanol–water partition coefficient (Wildman–Crippen LogP) is 2.75. The summed E-state index contributed by atoms with van der Waals surface area (Å²) in [6.45, 7) is 6.09. The maximum absolute atomic E-state index is 11.9. The highest BCUT2D eigenvalue weighted by Gasteiger charge is 2.24. The summed E-state index contributed by atoms with van der Waals surface area (Å²) < 4.78 is 0. The first kappa shape index (κ1) is 16.8. The fourth-order valence-corrected chi connectivity index (χ4v) is 2.79. The van der Waals surface area contributed by atoms with Crippen LogP contribution in [0.25, 0.3) is 0 Å². The quantitative estimate of drug-likeness (QED) is 0.701. The van der Waals surface area contributed by atoms with Crippen molar-refractivity contribution < 1.29 is 14.7 Å². The van der Waals surface area contributed by atoms with E-state index in [4.69, 9.17) is 5.11 Å². The molecule has 0 spiro atoms. The Morgan fingerprint density at radius 1 is 1.20 bits per heavy atom. The average molecular weight is 284 g/mol. The molecule has 1 aliphatic carbocycles. The van der Waals surface area contributed by atoms with Crippen LogP contribution in [0.1, 0.15) is 59.3 Å². The standard InChI is InChI=1S/C15H28N2O3/c1-4-11-5-7-12(8-6-11)16-15(20)17-13(14(18)19)9-10(2)3/h10-13H,4-9H2,1-3H3,(H,18,19)(H2,16,17,20)/t11?,12?,13-/m0/s1. The number of nitrogens with one attached hydrogen (secondary N) is 2. The summed E-state index contributed by atoms with van der Waals surface area (Å²) in [6.07, 6.45) is 5.94. The van der Waals surface area contributed by atoms with Crippen LogP contribution >= 0.6 is 0 Å². The van der Waals surface area contributed by atoms with Crippen molar-refractivity contribution in [3.8, 4) is 0 Å². The molecule has 2 amide bonds. The lowest BCUT2D eigenvalue weighted by Gasteiger charge is -2.29. The van der Waals surface area contributed by atoms with Crippen molar-refractivity contribution >= 4 is 12.0 Å². The summed E-state index contributed by atoms with van der Waals surface area (Å²) in [6, 6.07) is -0.966. The third-order valence-corrected chi connectivity index (χ3v) is 4.07. The van der Waals surface area contributed by atoms with E-state index in [-0.39, 0.29) is 18.0 Å². The number of carboxylic acid groups (broad SMARTS) is 1. The van der Waals surface area contributed by atoms with Gasteiger partial charge in [0.1, 0.15) is 6.04 Å². The van der Waals surface area contributed by atoms with Crippen molar-refractivity contribution in [1.29, 1.82) is 0 Å². The predicted molar refractivity (Wildman–Crippen MR) is 78.6 cm³/mol. The lowest BCUT2D eigenvalue weighted by atomic mass is 9.84. The summed E-state index contributed by atoms with van der Waals surface area (Å²) in [5.41, 5.74) is 0. The molecule has 0 unspecified atom stereocenters. The number of amides is 2. The van der Waals surface area contributed by atoms with Gasteiger partial charge >= 0.3 is 12.0 Å². The normalized spacial score (nSPS) is 24.2. The Labute approximate surface area is 121 Å². The van der Waals surface area contributed by atoms with Gasteiger partial charge < -0.3 is 15.7 Å². The molecule has 0 aromatic rings. The zero-order valence-corrected chi connectivity index (χ0v) is 12.8. The molecule has 1 fully saturated rings. The Kier molecular flexibility index (Phi) is 6.82. The Bertz CT molecular complexity index is 323. The van der Waals surface area contributed by atoms with Crippen molar-refractivity contribution in [2.45, 2.75) is 71.4 Å². The van der Waals surface area contributed by atoms with Gasteiger partial charge in [-0.15, -0.1) is 0 Å². The van der Waals surface area contributed by atoms with Crippen molar-refractivity contribution in [2.75, 3.05) is 0 Å². The average Bonchev–Trinajstić information content (AvgIpc) is 2.38. The molecule has 0 aromatic carbocycles. The Hall–Kier alpha value is -1.26. The van der Waals surface area contributed by atoms with Gasteiger partial charge in [0.15, 0.2) is 0 Å². The maximum atomic E-state index is 11.9. The summed E-state index contributed by atoms with van der Waals surface area (Å²) in [7, 11) is 0. The molecule has 20 heavy (non-hydrogen) atoms. The van der Waals surface area contributed by atoms with Gasteiger partial charge in [-0.25, -0.2) is 9.59 Å². The monoisotopic (exact) mass is 284 g/mol. The van der Waals surface area contributed by atoms with Gasteiger partial charge in [-0.3, -0.25) is 0 Å². The van der Waals surface area contributed by atoms with Gasteiger partial charge in [0, 0.05) is 6.04 Å². The summed E-state index contributed by atoms with van der Waals surface area (Å²) in [5.74, 6) is 0.0451. The van der Waals surface area contributed by atoms with E-state index in [0.717, 1.165) is 31.6 Å². The SMILES string of the molecule is CCC1CCC(NC(=O)N[C@@H](CC(C)C)C(=O)O)CC1. The highest BCUT2D eigenvalue weighted by Crippen LogP contribution is 2.26. The van der Waals surface area contributed by atoms with E-state index in [2.05, 4.69) is 17.6 Å². The number of hydrogen-bond donors (Lipinski definition) is 3. The summed E-state index contributed by atoms with van der Waals surface area (Å²) >= 11 is 0. The Balaban J connectivity index is 2.36. The number of carboxylic acids is 1. The number of aliphatic carboxylic acids is 1. The van der Waals surface area contributed by atoms with Gasteiger partial charge in [-0.2, -0.15) is 0 Å². The van der Waals surface area contributed by atoms with Gasteiger partial charge in [0.25, 0.3) is 0 Å². The second kappa shape index (κ2) is 8.12. The second-order valence-electron chi connectivity index (χ2n) is 6.26. The first-order valence-corrected chi connectivity index (χ1v) is 7.72. The van der Waals surface area contributed by atoms with Crippen LogP contribution in [0.2, 0.25) is 0 Å². The molecule has 0 heterocycles. The highest BCUT2D eigenvalue weighted by atomic mass is 16.4. The topological polar surface area (TPSA) is 78.4 Å². The number of carbonyl (C=O) groups is 2. The molecular weight excluding hydrogens is 256 g/mol. The van der Waals surface area contributed by atoms with E-state index in [0.29, 0.717) is 6.42 Å². The van der Waals surface area contributed by atoms with Crippen molar-refractivity contribution in [1.82, 2.24) is 10.6 Å². The number of urea groups is 1. The molecule has 0 aliphatic heterocycles. The molecule has 1 rings (SSSR count). The minimum Gasteiger partial charge on any atom is -0.480 e. The molecule has 116 valence electrons. The molecule has 1 atom stereocenters. The fourth-order valence-electron chi connectivity index (χ4n) is 2.79. The Morgan fingerprint density at radius 2 is 1.80 bits per heavy atom. The molecular formula is C15H28N2O3. The van der Waals surface area contributed by atoms with E-state index in [1.165, 1.54) is 6.42 Å². The van der Waals surface area contributed by atoms with E-state index in [1.807, 2.05) is 13.8 Å². The zero-order chi connectivity index (χ0) is 15.1. The van der Waals surface area contributed by atoms with Gasteiger partial charge in [-0.1, -0.05) is 27.2 Å². The number of rotatable bonds is 6. The van der Waals surface area contributed by atoms with Crippen molar-refractivity contribution in [3.05, 3.63) is 0 Å². The third kappa shape index (κ3) is 5.80. The first-order chi connectivity index (χ1) is 9.42. The Morgan fingerprint density at radius 3 is 2.25 bits per heavy atom. The van der Waals surface area contributed by atoms with Crippen LogP contribution in [0, 0.1) is 11.8 Å². The molecule has 5 nitrogen and oxygen atoms in total. The molecule has 1 aliphatic rings. The van der Waals surface area contributed by atoms with Gasteiger partial charge in [0.05, 0.1) is 0 Å². The largest absolute Gasteiger partial charge is 0.480 e. The van der Waals surface area contributed by atoms with Crippen LogP contribution in [-0.2, 0) is 4.79 Å². The van der Waals surface area contributed by atoms with Crippen LogP contribution in [0.15, 0.2) is 0 Å². The highest BCUT2D eigenvalue weighted by molar-refractivity contribution is 5.82. The molecule has 0 saturated heterocycles. The third-order valence-electron chi connectivity index (χ3n) is 4.07. The van der Waals surface area contributed by atoms with E-state index >= 15 is 0 Å². The smallest absolute Gasteiger partial charge is 0.326 e. The van der Waals surface area contributed by atoms with Crippen LogP contribution < -0.4 is 10.6 Å². The molecule has 5 heteroatoms. The summed E-state index contributed by atoms with van der Waals surface area (Å²) in [4.78, 5) is 23.0. The van der Waals surface area contributed by atoms with Crippen molar-refractivity contribution in [2.24, 2.45) is 11.8 Å². The van der Waals surface area contributed by atoms with Gasteiger partial charge in [-0.05, 0) is 43.9 Å². The second-order valence-corrected chi connectivity index (χ2v) is 6.26. The lowest BCUT2D eigenvalue weighted by Crippen LogP contribution is -2.50. The minimum absolute atomic E-state index is 0.186. The molecule has 0 radical (unpaired) electrons. The molecule has 3 N–H and O–H groups in total. The lowest BCUT2D eigenvalue weighted by molar-refractivity contribution is -0.139. The van der Waals surface area contributed by atoms with E-state index < -0.39 is 12.0 Å². The van der Waals surface area contributed by atoms with Crippen LogP contribution in [0.5, 0.6) is 0 Å². The molecule has 0 bridgehead atoms. The first-order valence-electron chi connectivity index (χ1n) is 7.72. The maximum Gasteiger partial charge on any atom is 0.326 e. The van der Waals surface area contributed by atoms with Crippen LogP contribution in [0.4, 0.5) is 4.79 Å². The van der Waals surface area contributed by atoms with E-state index in [9.17, 15) is 9.59 Å². The van der Waals surface area contributed by atoms with Gasteiger partial charge in [0.2, 0.25) is 0 Å². The van der Waals surface area contributed by atoms with Crippen LogP contribution in [-0.4, -0.2) is 29.2 Å². The fraction of sp³-hybridized carbons (Fsp3) is 0.867. The van der Waals surface area contributed by atoms with Crippen LogP contribution in [0.3, 0.4) is 0 Å². The summed E-state index contributed by atoms with van der Waals surface area (Å²) in [5, 5.41) is 14.6. The van der Waals surface area contributed by atoms with E-state index in [1.54, 1.807) is 0 Å². The molecule has 1 saturated carbocycles. The number of carbonyl (C=O) groups excluding carboxylic acids is 1. The minimum atomic E-state index is -0.969. The number of hydrogen-bond acceptors (Lipinski definition) is 2. The molecule has 0 aromatic heterocycles.